The maximum absolute atomic E-state index is 11.1. The molecule has 2 aromatic rings. The summed E-state index contributed by atoms with van der Waals surface area (Å²) in [6, 6.07) is 18.1. The number of aryl methyl sites for hydroxylation is 1. The molecule has 0 aromatic heterocycles. The van der Waals surface area contributed by atoms with E-state index >= 15 is 0 Å². The van der Waals surface area contributed by atoms with Gasteiger partial charge in [-0.3, -0.25) is 10.0 Å². The van der Waals surface area contributed by atoms with Crippen molar-refractivity contribution in [1.29, 1.82) is 0 Å². The Kier molecular flexibility index (Phi) is 11.3. The van der Waals surface area contributed by atoms with Gasteiger partial charge >= 0.3 is 0 Å². The quantitative estimate of drug-likeness (QED) is 0.483. The van der Waals surface area contributed by atoms with Crippen LogP contribution in [0.1, 0.15) is 25.3 Å². The molecule has 0 radical (unpaired) electrons. The van der Waals surface area contributed by atoms with Gasteiger partial charge in [0.15, 0.2) is 0 Å². The minimum absolute atomic E-state index is 0.165. The summed E-state index contributed by atoms with van der Waals surface area (Å²) >= 11 is 5.81. The highest BCUT2D eigenvalue weighted by Gasteiger charge is 2.13. The average molecular weight is 435 g/mol. The Morgan fingerprint density at radius 2 is 1.83 bits per heavy atom. The lowest BCUT2D eigenvalue weighted by Gasteiger charge is -2.28. The Balaban J connectivity index is 0.000000230. The fourth-order valence-corrected chi connectivity index (χ4v) is 3.30. The molecule has 164 valence electrons. The van der Waals surface area contributed by atoms with Crippen molar-refractivity contribution in [3.05, 3.63) is 65.2 Å². The summed E-state index contributed by atoms with van der Waals surface area (Å²) in [6.45, 7) is 6.17. The summed E-state index contributed by atoms with van der Waals surface area (Å²) in [7, 11) is 0. The number of rotatable bonds is 8. The molecule has 6 nitrogen and oxygen atoms in total. The molecule has 1 aliphatic heterocycles. The number of ether oxygens (including phenoxy) is 2. The molecule has 1 unspecified atom stereocenters. The van der Waals surface area contributed by atoms with Gasteiger partial charge in [-0.25, -0.2) is 5.48 Å². The van der Waals surface area contributed by atoms with Crippen LogP contribution in [0.25, 0.3) is 0 Å². The van der Waals surface area contributed by atoms with Gasteiger partial charge in [0.2, 0.25) is 5.91 Å². The van der Waals surface area contributed by atoms with E-state index in [9.17, 15) is 4.79 Å². The largest absolute Gasteiger partial charge is 0.378 e. The molecule has 0 saturated carbocycles. The standard InChI is InChI=1S/C13H18ClNO3.C10H13NO/c1-2-18-12(9-13(16)15-17)8-5-10-3-6-11(14)7-4-10;1-2-4-10(5-3-1)11-6-8-12-9-7-11/h3-4,6-7,12,17H,2,5,8-9H2,1H3,(H,15,16);1-5H,6-9H2. The van der Waals surface area contributed by atoms with Gasteiger partial charge in [-0.15, -0.1) is 0 Å². The Labute approximate surface area is 183 Å². The number of nitrogens with zero attached hydrogens (tertiary/aromatic N) is 1. The van der Waals surface area contributed by atoms with Crippen LogP contribution in [0.3, 0.4) is 0 Å². The van der Waals surface area contributed by atoms with Crippen LogP contribution in [-0.4, -0.2) is 50.1 Å². The summed E-state index contributed by atoms with van der Waals surface area (Å²) < 4.78 is 10.7. The number of hydrogen-bond acceptors (Lipinski definition) is 5. The van der Waals surface area contributed by atoms with E-state index in [1.807, 2.05) is 37.3 Å². The number of carbonyl (C=O) groups is 1. The third kappa shape index (κ3) is 9.13. The number of hydroxylamine groups is 1. The second kappa shape index (κ2) is 14.0. The second-order valence-corrected chi connectivity index (χ2v) is 7.35. The van der Waals surface area contributed by atoms with E-state index in [1.165, 1.54) is 5.69 Å². The lowest BCUT2D eigenvalue weighted by molar-refractivity contribution is -0.132. The molecule has 3 rings (SSSR count). The van der Waals surface area contributed by atoms with Gasteiger partial charge in [-0.2, -0.15) is 0 Å². The predicted molar refractivity (Wildman–Crippen MR) is 119 cm³/mol. The van der Waals surface area contributed by atoms with Gasteiger partial charge in [-0.1, -0.05) is 41.9 Å². The van der Waals surface area contributed by atoms with Crippen LogP contribution in [0, 0.1) is 0 Å². The number of morpholine rings is 1. The molecule has 1 atom stereocenters. The lowest BCUT2D eigenvalue weighted by atomic mass is 10.0. The Bertz CT molecular complexity index is 722. The molecule has 1 fully saturated rings. The molecule has 7 heteroatoms. The van der Waals surface area contributed by atoms with Crippen LogP contribution in [0.5, 0.6) is 0 Å². The smallest absolute Gasteiger partial charge is 0.245 e. The van der Waals surface area contributed by atoms with E-state index in [-0.39, 0.29) is 12.5 Å². The van der Waals surface area contributed by atoms with E-state index in [1.54, 1.807) is 5.48 Å². The van der Waals surface area contributed by atoms with E-state index in [2.05, 4.69) is 29.2 Å². The molecule has 1 amide bonds. The van der Waals surface area contributed by atoms with Gasteiger partial charge in [0.25, 0.3) is 0 Å². The molecule has 0 aliphatic carbocycles. The van der Waals surface area contributed by atoms with Crippen molar-refractivity contribution in [2.45, 2.75) is 32.3 Å². The monoisotopic (exact) mass is 434 g/mol. The highest BCUT2D eigenvalue weighted by Crippen LogP contribution is 2.15. The third-order valence-electron chi connectivity index (χ3n) is 4.74. The molecule has 30 heavy (non-hydrogen) atoms. The van der Waals surface area contributed by atoms with E-state index in [0.29, 0.717) is 11.6 Å². The number of para-hydroxylation sites is 1. The fraction of sp³-hybridized carbons (Fsp3) is 0.435. The zero-order chi connectivity index (χ0) is 21.6. The van der Waals surface area contributed by atoms with Crippen LogP contribution in [0.2, 0.25) is 5.02 Å². The molecule has 2 aromatic carbocycles. The first-order valence-electron chi connectivity index (χ1n) is 10.3. The van der Waals surface area contributed by atoms with Gasteiger partial charge < -0.3 is 14.4 Å². The highest BCUT2D eigenvalue weighted by molar-refractivity contribution is 6.30. The summed E-state index contributed by atoms with van der Waals surface area (Å²) in [6.07, 6.45) is 1.51. The number of amides is 1. The topological polar surface area (TPSA) is 71.0 Å². The number of benzene rings is 2. The molecule has 1 aliphatic rings. The van der Waals surface area contributed by atoms with Gasteiger partial charge in [0.05, 0.1) is 25.7 Å². The summed E-state index contributed by atoms with van der Waals surface area (Å²) in [5.41, 5.74) is 4.08. The normalized spacial score (nSPS) is 14.4. The maximum Gasteiger partial charge on any atom is 0.245 e. The Hall–Kier alpha value is -2.12. The minimum Gasteiger partial charge on any atom is -0.378 e. The van der Waals surface area contributed by atoms with Crippen LogP contribution in [0.4, 0.5) is 5.69 Å². The first kappa shape index (κ1) is 24.2. The Morgan fingerprint density at radius 1 is 1.17 bits per heavy atom. The van der Waals surface area contributed by atoms with Crippen LogP contribution < -0.4 is 10.4 Å². The first-order chi connectivity index (χ1) is 14.6. The van der Waals surface area contributed by atoms with Gasteiger partial charge in [0, 0.05) is 30.4 Å². The maximum atomic E-state index is 11.1. The number of anilines is 1. The van der Waals surface area contributed by atoms with E-state index < -0.39 is 5.91 Å². The summed E-state index contributed by atoms with van der Waals surface area (Å²) in [5.74, 6) is -0.426. The summed E-state index contributed by atoms with van der Waals surface area (Å²) in [5, 5.41) is 9.21. The van der Waals surface area contributed by atoms with Crippen molar-refractivity contribution >= 4 is 23.2 Å². The molecular formula is C23H31ClN2O4. The zero-order valence-corrected chi connectivity index (χ0v) is 18.2. The second-order valence-electron chi connectivity index (χ2n) is 6.92. The van der Waals surface area contributed by atoms with Crippen LogP contribution >= 0.6 is 11.6 Å². The van der Waals surface area contributed by atoms with Gasteiger partial charge in [0.1, 0.15) is 0 Å². The third-order valence-corrected chi connectivity index (χ3v) is 4.99. The Morgan fingerprint density at radius 3 is 2.43 bits per heavy atom. The molecule has 1 heterocycles. The van der Waals surface area contributed by atoms with Crippen molar-refractivity contribution in [1.82, 2.24) is 5.48 Å². The molecule has 0 spiro atoms. The molecular weight excluding hydrogens is 404 g/mol. The molecule has 2 N–H and O–H groups in total. The van der Waals surface area contributed by atoms with Crippen LogP contribution in [0.15, 0.2) is 54.6 Å². The number of halogens is 1. The average Bonchev–Trinajstić information content (AvgIpc) is 2.80. The predicted octanol–water partition coefficient (Wildman–Crippen LogP) is 4.10. The highest BCUT2D eigenvalue weighted by atomic mass is 35.5. The molecule has 0 bridgehead atoms. The zero-order valence-electron chi connectivity index (χ0n) is 17.4. The van der Waals surface area contributed by atoms with Crippen molar-refractivity contribution in [2.24, 2.45) is 0 Å². The van der Waals surface area contributed by atoms with Crippen molar-refractivity contribution in [3.63, 3.8) is 0 Å². The summed E-state index contributed by atoms with van der Waals surface area (Å²) in [4.78, 5) is 13.4. The van der Waals surface area contributed by atoms with Gasteiger partial charge in [-0.05, 0) is 49.6 Å². The van der Waals surface area contributed by atoms with Crippen molar-refractivity contribution in [3.8, 4) is 0 Å². The van der Waals surface area contributed by atoms with Crippen molar-refractivity contribution < 1.29 is 19.5 Å². The number of nitrogens with one attached hydrogen (secondary N) is 1. The SMILES string of the molecule is CCOC(CCc1ccc(Cl)cc1)CC(=O)NO.c1ccc(N2CCOCC2)cc1. The number of carbonyl (C=O) groups excluding carboxylic acids is 1. The minimum atomic E-state index is -0.426. The van der Waals surface area contributed by atoms with Crippen molar-refractivity contribution in [2.75, 3.05) is 37.8 Å². The van der Waals surface area contributed by atoms with Crippen LogP contribution in [-0.2, 0) is 20.7 Å². The lowest BCUT2D eigenvalue weighted by Crippen LogP contribution is -2.36. The first-order valence-corrected chi connectivity index (χ1v) is 10.7. The molecule has 1 saturated heterocycles. The number of hydrogen-bond donors (Lipinski definition) is 2. The van der Waals surface area contributed by atoms with E-state index in [4.69, 9.17) is 26.3 Å². The van der Waals surface area contributed by atoms with E-state index in [0.717, 1.165) is 44.7 Å². The fourth-order valence-electron chi connectivity index (χ4n) is 3.17.